The van der Waals surface area contributed by atoms with Gasteiger partial charge in [0.2, 0.25) is 0 Å². The maximum Gasteiger partial charge on any atom is 0.158 e. The van der Waals surface area contributed by atoms with Crippen molar-refractivity contribution < 1.29 is 9.18 Å². The minimum atomic E-state index is -0.940. The van der Waals surface area contributed by atoms with E-state index in [1.807, 2.05) is 13.8 Å². The van der Waals surface area contributed by atoms with Gasteiger partial charge in [-0.25, -0.2) is 4.39 Å². The Morgan fingerprint density at radius 3 is 2.64 bits per heavy atom. The van der Waals surface area contributed by atoms with E-state index in [-0.39, 0.29) is 12.2 Å². The molecule has 0 heterocycles. The van der Waals surface area contributed by atoms with Gasteiger partial charge in [-0.1, -0.05) is 19.4 Å². The van der Waals surface area contributed by atoms with E-state index < -0.39 is 6.17 Å². The molecule has 1 rings (SSSR count). The van der Waals surface area contributed by atoms with Gasteiger partial charge < -0.3 is 0 Å². The molecule has 0 aromatic carbocycles. The molecule has 1 nitrogen and oxygen atoms in total. The minimum absolute atomic E-state index is 0.0625. The van der Waals surface area contributed by atoms with Crippen molar-refractivity contribution in [3.8, 4) is 0 Å². The largest absolute Gasteiger partial charge is 0.295 e. The van der Waals surface area contributed by atoms with Crippen molar-refractivity contribution in [2.45, 2.75) is 32.9 Å². The second-order valence-electron chi connectivity index (χ2n) is 3.35. The highest BCUT2D eigenvalue weighted by molar-refractivity contribution is 5.91. The molecule has 0 amide bonds. The first-order valence-corrected chi connectivity index (χ1v) is 3.97. The number of ketones is 1. The summed E-state index contributed by atoms with van der Waals surface area (Å²) in [7, 11) is 0. The number of carbonyl (C=O) groups is 1. The summed E-state index contributed by atoms with van der Waals surface area (Å²) in [5.41, 5.74) is 0.953. The van der Waals surface area contributed by atoms with Gasteiger partial charge in [0, 0.05) is 12.8 Å². The molecule has 0 radical (unpaired) electrons. The lowest BCUT2D eigenvalue weighted by atomic mass is 9.90. The minimum Gasteiger partial charge on any atom is -0.295 e. The summed E-state index contributed by atoms with van der Waals surface area (Å²) in [5, 5.41) is 0. The Kier molecular flexibility index (Phi) is 2.42. The number of hydrogen-bond acceptors (Lipinski definition) is 1. The third-order valence-electron chi connectivity index (χ3n) is 1.97. The first kappa shape index (κ1) is 8.44. The van der Waals surface area contributed by atoms with E-state index in [9.17, 15) is 9.18 Å². The third-order valence-corrected chi connectivity index (χ3v) is 1.97. The highest BCUT2D eigenvalue weighted by Gasteiger charge is 2.20. The normalized spacial score (nSPS) is 25.6. The number of hydrogen-bond donors (Lipinski definition) is 0. The van der Waals surface area contributed by atoms with Gasteiger partial charge in [0.1, 0.15) is 6.17 Å². The van der Waals surface area contributed by atoms with Gasteiger partial charge in [0.15, 0.2) is 5.78 Å². The number of allylic oxidation sites excluding steroid dienone is 2. The van der Waals surface area contributed by atoms with E-state index in [4.69, 9.17) is 0 Å². The van der Waals surface area contributed by atoms with Gasteiger partial charge >= 0.3 is 0 Å². The molecule has 2 heteroatoms. The fraction of sp³-hybridized carbons (Fsp3) is 0.667. The Hall–Kier alpha value is -0.660. The second-order valence-corrected chi connectivity index (χ2v) is 3.35. The average molecular weight is 156 g/mol. The molecule has 0 aromatic heterocycles. The summed E-state index contributed by atoms with van der Waals surface area (Å²) in [4.78, 5) is 10.9. The van der Waals surface area contributed by atoms with E-state index in [0.29, 0.717) is 12.3 Å². The number of halogens is 1. The van der Waals surface area contributed by atoms with Gasteiger partial charge in [-0.3, -0.25) is 4.79 Å². The lowest BCUT2D eigenvalue weighted by Gasteiger charge is -2.18. The summed E-state index contributed by atoms with van der Waals surface area (Å²) in [5.74, 6) is 0.241. The lowest BCUT2D eigenvalue weighted by Crippen LogP contribution is -2.16. The molecule has 0 bridgehead atoms. The Labute approximate surface area is 66.3 Å². The first-order chi connectivity index (χ1) is 5.09. The highest BCUT2D eigenvalue weighted by atomic mass is 19.1. The molecule has 0 N–H and O–H groups in total. The van der Waals surface area contributed by atoms with Crippen LogP contribution in [0.15, 0.2) is 11.6 Å². The van der Waals surface area contributed by atoms with E-state index in [2.05, 4.69) is 0 Å². The van der Waals surface area contributed by atoms with Gasteiger partial charge in [0.25, 0.3) is 0 Å². The van der Waals surface area contributed by atoms with Crippen LogP contribution in [0.5, 0.6) is 0 Å². The van der Waals surface area contributed by atoms with Crippen LogP contribution in [0, 0.1) is 5.92 Å². The molecule has 11 heavy (non-hydrogen) atoms. The number of rotatable bonds is 1. The second kappa shape index (κ2) is 3.16. The monoisotopic (exact) mass is 156 g/mol. The summed E-state index contributed by atoms with van der Waals surface area (Å²) >= 11 is 0. The summed E-state index contributed by atoms with van der Waals surface area (Å²) < 4.78 is 12.8. The maximum atomic E-state index is 12.8. The van der Waals surface area contributed by atoms with Crippen molar-refractivity contribution in [3.05, 3.63) is 11.6 Å². The van der Waals surface area contributed by atoms with Crippen molar-refractivity contribution in [3.63, 3.8) is 0 Å². The van der Waals surface area contributed by atoms with Crippen LogP contribution in [0.1, 0.15) is 26.7 Å². The number of alkyl halides is 1. The van der Waals surface area contributed by atoms with Gasteiger partial charge in [0.05, 0.1) is 0 Å². The predicted octanol–water partition coefficient (Wildman–Crippen LogP) is 2.27. The first-order valence-electron chi connectivity index (χ1n) is 3.97. The van der Waals surface area contributed by atoms with E-state index >= 15 is 0 Å². The van der Waals surface area contributed by atoms with E-state index in [1.165, 1.54) is 0 Å². The molecule has 62 valence electrons. The molecule has 0 fully saturated rings. The zero-order chi connectivity index (χ0) is 8.43. The third kappa shape index (κ3) is 2.14. The van der Waals surface area contributed by atoms with Crippen molar-refractivity contribution >= 4 is 5.78 Å². The Morgan fingerprint density at radius 2 is 2.18 bits per heavy atom. The topological polar surface area (TPSA) is 17.1 Å². The molecule has 1 atom stereocenters. The summed E-state index contributed by atoms with van der Waals surface area (Å²) in [6.45, 7) is 3.97. The SMILES string of the molecule is CC(C)C1=CC(=O)CC(F)C1. The van der Waals surface area contributed by atoms with Crippen LogP contribution in [-0.2, 0) is 4.79 Å². The Balaban J connectivity index is 2.72. The maximum absolute atomic E-state index is 12.8. The zero-order valence-electron chi connectivity index (χ0n) is 6.93. The quantitative estimate of drug-likeness (QED) is 0.569. The van der Waals surface area contributed by atoms with Crippen molar-refractivity contribution in [2.24, 2.45) is 5.92 Å². The van der Waals surface area contributed by atoms with Crippen LogP contribution in [0.3, 0.4) is 0 Å². The van der Waals surface area contributed by atoms with Crippen LogP contribution in [0.2, 0.25) is 0 Å². The van der Waals surface area contributed by atoms with Gasteiger partial charge in [-0.15, -0.1) is 0 Å². The molecule has 0 aromatic rings. The highest BCUT2D eigenvalue weighted by Crippen LogP contribution is 2.24. The fourth-order valence-electron chi connectivity index (χ4n) is 1.27. The van der Waals surface area contributed by atoms with E-state index in [1.54, 1.807) is 6.08 Å². The fourth-order valence-corrected chi connectivity index (χ4v) is 1.27. The molecule has 0 aliphatic heterocycles. The Bertz CT molecular complexity index is 194. The van der Waals surface area contributed by atoms with Crippen LogP contribution in [0.4, 0.5) is 4.39 Å². The average Bonchev–Trinajstić information content (AvgIpc) is 1.85. The van der Waals surface area contributed by atoms with Crippen molar-refractivity contribution in [2.75, 3.05) is 0 Å². The molecule has 0 saturated heterocycles. The van der Waals surface area contributed by atoms with Crippen molar-refractivity contribution in [1.82, 2.24) is 0 Å². The molecule has 1 aliphatic rings. The summed E-state index contributed by atoms with van der Waals surface area (Å²) in [6, 6.07) is 0. The Morgan fingerprint density at radius 1 is 1.55 bits per heavy atom. The smallest absolute Gasteiger partial charge is 0.158 e. The predicted molar refractivity (Wildman–Crippen MR) is 42.1 cm³/mol. The van der Waals surface area contributed by atoms with Gasteiger partial charge in [-0.2, -0.15) is 0 Å². The van der Waals surface area contributed by atoms with Gasteiger partial charge in [-0.05, 0) is 12.0 Å². The molecular formula is C9H13FO. The van der Waals surface area contributed by atoms with Crippen LogP contribution in [-0.4, -0.2) is 12.0 Å². The van der Waals surface area contributed by atoms with Crippen LogP contribution >= 0.6 is 0 Å². The molecule has 0 spiro atoms. The standard InChI is InChI=1S/C9H13FO/c1-6(2)7-3-8(10)5-9(11)4-7/h4,6,8H,3,5H2,1-2H3. The summed E-state index contributed by atoms with van der Waals surface area (Å²) in [6.07, 6.45) is 1.19. The number of carbonyl (C=O) groups excluding carboxylic acids is 1. The molecule has 1 unspecified atom stereocenters. The van der Waals surface area contributed by atoms with E-state index in [0.717, 1.165) is 5.57 Å². The molecule has 0 saturated carbocycles. The molecular weight excluding hydrogens is 143 g/mol. The molecule has 1 aliphatic carbocycles. The zero-order valence-corrected chi connectivity index (χ0v) is 6.93. The van der Waals surface area contributed by atoms with Crippen molar-refractivity contribution in [1.29, 1.82) is 0 Å². The van der Waals surface area contributed by atoms with Crippen LogP contribution in [0.25, 0.3) is 0 Å². The van der Waals surface area contributed by atoms with Crippen LogP contribution < -0.4 is 0 Å². The lowest BCUT2D eigenvalue weighted by molar-refractivity contribution is -0.116.